The molecule has 0 bridgehead atoms. The van der Waals surface area contributed by atoms with E-state index in [0.29, 0.717) is 12.5 Å². The Kier molecular flexibility index (Phi) is 5.66. The van der Waals surface area contributed by atoms with Gasteiger partial charge in [0.25, 0.3) is 0 Å². The van der Waals surface area contributed by atoms with Crippen molar-refractivity contribution < 1.29 is 4.79 Å². The van der Waals surface area contributed by atoms with Crippen LogP contribution in [0.3, 0.4) is 0 Å². The Morgan fingerprint density at radius 1 is 1.36 bits per heavy atom. The monoisotopic (exact) mass is 414 g/mol. The molecule has 0 radical (unpaired) electrons. The summed E-state index contributed by atoms with van der Waals surface area (Å²) >= 11 is 0. The van der Waals surface area contributed by atoms with Gasteiger partial charge in [-0.3, -0.25) is 9.79 Å². The Morgan fingerprint density at radius 2 is 2.09 bits per heavy atom. The largest absolute Gasteiger partial charge is 0.356 e. The highest BCUT2D eigenvalue weighted by molar-refractivity contribution is 14.0. The SMILES string of the molecule is CC1CN=C(NC[C@@H]2CC(=O)N(C)[C@H]2c2ccccc2)N1.I. The molecule has 0 aromatic heterocycles. The highest BCUT2D eigenvalue weighted by atomic mass is 127. The predicted molar refractivity (Wildman–Crippen MR) is 98.4 cm³/mol. The van der Waals surface area contributed by atoms with E-state index in [4.69, 9.17) is 0 Å². The van der Waals surface area contributed by atoms with Crippen LogP contribution in [0, 0.1) is 5.92 Å². The molecule has 2 heterocycles. The Morgan fingerprint density at radius 3 is 2.73 bits per heavy atom. The Labute approximate surface area is 148 Å². The molecule has 2 aliphatic heterocycles. The number of halogens is 1. The molecule has 0 aliphatic carbocycles. The van der Waals surface area contributed by atoms with Gasteiger partial charge in [0.1, 0.15) is 0 Å². The van der Waals surface area contributed by atoms with Gasteiger partial charge >= 0.3 is 0 Å². The van der Waals surface area contributed by atoms with Crippen LogP contribution in [0.4, 0.5) is 0 Å². The van der Waals surface area contributed by atoms with Crippen LogP contribution >= 0.6 is 24.0 Å². The summed E-state index contributed by atoms with van der Waals surface area (Å²) in [6.45, 7) is 3.68. The number of rotatable bonds is 3. The second-order valence-electron chi connectivity index (χ2n) is 5.94. The number of benzene rings is 1. The molecule has 1 aromatic carbocycles. The summed E-state index contributed by atoms with van der Waals surface area (Å²) in [6, 6.07) is 10.8. The fraction of sp³-hybridized carbons (Fsp3) is 0.500. The van der Waals surface area contributed by atoms with E-state index in [9.17, 15) is 4.79 Å². The van der Waals surface area contributed by atoms with Crippen LogP contribution in [0.1, 0.15) is 24.9 Å². The first-order chi connectivity index (χ1) is 10.1. The van der Waals surface area contributed by atoms with E-state index < -0.39 is 0 Å². The van der Waals surface area contributed by atoms with Gasteiger partial charge < -0.3 is 15.5 Å². The molecule has 2 aliphatic rings. The van der Waals surface area contributed by atoms with Crippen molar-refractivity contribution in [2.45, 2.75) is 25.4 Å². The molecule has 1 aromatic rings. The highest BCUT2D eigenvalue weighted by Crippen LogP contribution is 2.36. The average molecular weight is 414 g/mol. The van der Waals surface area contributed by atoms with Crippen LogP contribution in [0.25, 0.3) is 0 Å². The Hall–Kier alpha value is -1.31. The third-order valence-electron chi connectivity index (χ3n) is 4.27. The number of hydrogen-bond donors (Lipinski definition) is 2. The van der Waals surface area contributed by atoms with E-state index in [1.165, 1.54) is 5.56 Å². The lowest BCUT2D eigenvalue weighted by Crippen LogP contribution is -2.40. The fourth-order valence-corrected chi connectivity index (χ4v) is 3.17. The molecule has 1 unspecified atom stereocenters. The van der Waals surface area contributed by atoms with Gasteiger partial charge in [-0.15, -0.1) is 24.0 Å². The minimum absolute atomic E-state index is 0. The number of hydrogen-bond acceptors (Lipinski definition) is 4. The molecule has 5 nitrogen and oxygen atoms in total. The molecule has 1 amide bonds. The van der Waals surface area contributed by atoms with Crippen molar-refractivity contribution in [2.75, 3.05) is 20.1 Å². The number of amides is 1. The van der Waals surface area contributed by atoms with E-state index in [-0.39, 0.29) is 41.8 Å². The van der Waals surface area contributed by atoms with Crippen molar-refractivity contribution in [3.63, 3.8) is 0 Å². The third kappa shape index (κ3) is 3.53. The standard InChI is InChI=1S/C16H22N4O.HI/c1-11-9-17-16(19-11)18-10-13-8-14(21)20(2)15(13)12-6-4-3-5-7-12;/h3-7,11,13,15H,8-10H2,1-2H3,(H2,17,18,19);1H/t11?,13-,15-;/m0./s1. The zero-order valence-corrected chi connectivity index (χ0v) is 15.3. The van der Waals surface area contributed by atoms with E-state index >= 15 is 0 Å². The van der Waals surface area contributed by atoms with Crippen LogP contribution in [0.15, 0.2) is 35.3 Å². The minimum Gasteiger partial charge on any atom is -0.356 e. The first-order valence-corrected chi connectivity index (χ1v) is 7.50. The summed E-state index contributed by atoms with van der Waals surface area (Å²) in [5.74, 6) is 1.34. The Balaban J connectivity index is 0.00000176. The highest BCUT2D eigenvalue weighted by Gasteiger charge is 2.38. The number of likely N-dealkylation sites (tertiary alicyclic amines) is 1. The third-order valence-corrected chi connectivity index (χ3v) is 4.27. The summed E-state index contributed by atoms with van der Waals surface area (Å²) in [4.78, 5) is 18.3. The van der Waals surface area contributed by atoms with E-state index in [1.54, 1.807) is 0 Å². The van der Waals surface area contributed by atoms with Gasteiger partial charge in [-0.25, -0.2) is 0 Å². The normalized spacial score (nSPS) is 27.2. The molecule has 1 fully saturated rings. The van der Waals surface area contributed by atoms with Gasteiger partial charge in [0.15, 0.2) is 5.96 Å². The van der Waals surface area contributed by atoms with Gasteiger partial charge in [-0.05, 0) is 12.5 Å². The maximum absolute atomic E-state index is 12.1. The van der Waals surface area contributed by atoms with Crippen LogP contribution in [0.5, 0.6) is 0 Å². The number of carbonyl (C=O) groups excluding carboxylic acids is 1. The first kappa shape index (κ1) is 17.1. The summed E-state index contributed by atoms with van der Waals surface area (Å²) in [5.41, 5.74) is 1.20. The number of nitrogens with zero attached hydrogens (tertiary/aromatic N) is 2. The summed E-state index contributed by atoms with van der Waals surface area (Å²) in [5, 5.41) is 6.65. The van der Waals surface area contributed by atoms with Crippen molar-refractivity contribution in [2.24, 2.45) is 10.9 Å². The zero-order chi connectivity index (χ0) is 14.8. The smallest absolute Gasteiger partial charge is 0.223 e. The molecule has 3 rings (SSSR count). The summed E-state index contributed by atoms with van der Waals surface area (Å²) < 4.78 is 0. The molecular formula is C16H23IN4O. The van der Waals surface area contributed by atoms with Gasteiger partial charge in [0.2, 0.25) is 5.91 Å². The molecule has 22 heavy (non-hydrogen) atoms. The molecular weight excluding hydrogens is 391 g/mol. The second-order valence-corrected chi connectivity index (χ2v) is 5.94. The molecule has 3 atom stereocenters. The molecule has 1 saturated heterocycles. The molecule has 0 saturated carbocycles. The number of aliphatic imine (C=N–C) groups is 1. The van der Waals surface area contributed by atoms with Crippen molar-refractivity contribution in [1.82, 2.24) is 15.5 Å². The summed E-state index contributed by atoms with van der Waals surface area (Å²) in [6.07, 6.45) is 0.589. The van der Waals surface area contributed by atoms with Crippen LogP contribution in [-0.4, -0.2) is 42.9 Å². The van der Waals surface area contributed by atoms with Crippen molar-refractivity contribution in [1.29, 1.82) is 0 Å². The quantitative estimate of drug-likeness (QED) is 0.742. The lowest BCUT2D eigenvalue weighted by molar-refractivity contribution is -0.127. The maximum atomic E-state index is 12.1. The lowest BCUT2D eigenvalue weighted by atomic mass is 9.94. The molecule has 6 heteroatoms. The van der Waals surface area contributed by atoms with Gasteiger partial charge in [-0.2, -0.15) is 0 Å². The minimum atomic E-state index is 0. The maximum Gasteiger partial charge on any atom is 0.223 e. The second kappa shape index (κ2) is 7.30. The molecule has 2 N–H and O–H groups in total. The Bertz CT molecular complexity index is 548. The predicted octanol–water partition coefficient (Wildman–Crippen LogP) is 1.76. The number of nitrogens with one attached hydrogen (secondary N) is 2. The van der Waals surface area contributed by atoms with Crippen LogP contribution in [0.2, 0.25) is 0 Å². The topological polar surface area (TPSA) is 56.7 Å². The average Bonchev–Trinajstić information content (AvgIpc) is 3.02. The fourth-order valence-electron chi connectivity index (χ4n) is 3.17. The van der Waals surface area contributed by atoms with Crippen LogP contribution in [-0.2, 0) is 4.79 Å². The first-order valence-electron chi connectivity index (χ1n) is 7.50. The van der Waals surface area contributed by atoms with E-state index in [1.807, 2.05) is 30.1 Å². The van der Waals surface area contributed by atoms with Crippen LogP contribution < -0.4 is 10.6 Å². The van der Waals surface area contributed by atoms with E-state index in [2.05, 4.69) is 34.7 Å². The molecule has 0 spiro atoms. The van der Waals surface area contributed by atoms with Crippen molar-refractivity contribution in [3.8, 4) is 0 Å². The molecule has 120 valence electrons. The van der Waals surface area contributed by atoms with Crippen molar-refractivity contribution in [3.05, 3.63) is 35.9 Å². The van der Waals surface area contributed by atoms with Gasteiger partial charge in [0.05, 0.1) is 12.6 Å². The van der Waals surface area contributed by atoms with Gasteiger partial charge in [-0.1, -0.05) is 30.3 Å². The van der Waals surface area contributed by atoms with E-state index in [0.717, 1.165) is 19.0 Å². The lowest BCUT2D eigenvalue weighted by Gasteiger charge is -2.26. The zero-order valence-electron chi connectivity index (χ0n) is 13.0. The number of carbonyl (C=O) groups is 1. The summed E-state index contributed by atoms with van der Waals surface area (Å²) in [7, 11) is 1.90. The van der Waals surface area contributed by atoms with Crippen molar-refractivity contribution >= 4 is 35.8 Å². The van der Waals surface area contributed by atoms with Gasteiger partial charge in [0, 0.05) is 32.0 Å². The number of guanidine groups is 1.